The van der Waals surface area contributed by atoms with E-state index in [-0.39, 0.29) is 0 Å². The van der Waals surface area contributed by atoms with Crippen molar-refractivity contribution in [3.63, 3.8) is 0 Å². The highest BCUT2D eigenvalue weighted by atomic mass is 14.7. The number of aryl methyl sites for hydroxylation is 1. The van der Waals surface area contributed by atoms with E-state index in [0.29, 0.717) is 0 Å². The number of hydrogen-bond donors (Lipinski definition) is 0. The van der Waals surface area contributed by atoms with Crippen LogP contribution in [-0.2, 0) is 0 Å². The van der Waals surface area contributed by atoms with Gasteiger partial charge in [0, 0.05) is 5.69 Å². The standard InChI is InChI=1S/C10H13N/c1-8(2)7-10-6-4-5-9(3)11-10/h4-7H,1-3H3. The lowest BCUT2D eigenvalue weighted by Crippen LogP contribution is -1.83. The van der Waals surface area contributed by atoms with Gasteiger partial charge in [0.15, 0.2) is 0 Å². The molecule has 11 heavy (non-hydrogen) atoms. The van der Waals surface area contributed by atoms with Crippen LogP contribution in [-0.4, -0.2) is 4.98 Å². The van der Waals surface area contributed by atoms with Crippen LogP contribution in [0.15, 0.2) is 23.8 Å². The lowest BCUT2D eigenvalue weighted by Gasteiger charge is -1.95. The summed E-state index contributed by atoms with van der Waals surface area (Å²) >= 11 is 0. The Hall–Kier alpha value is -1.11. The van der Waals surface area contributed by atoms with Crippen LogP contribution in [0.3, 0.4) is 0 Å². The Morgan fingerprint density at radius 1 is 1.36 bits per heavy atom. The smallest absolute Gasteiger partial charge is 0.0632 e. The summed E-state index contributed by atoms with van der Waals surface area (Å²) in [6.07, 6.45) is 2.08. The van der Waals surface area contributed by atoms with E-state index in [0.717, 1.165) is 11.4 Å². The molecule has 0 radical (unpaired) electrons. The molecule has 1 nitrogen and oxygen atoms in total. The summed E-state index contributed by atoms with van der Waals surface area (Å²) in [7, 11) is 0. The van der Waals surface area contributed by atoms with E-state index >= 15 is 0 Å². The summed E-state index contributed by atoms with van der Waals surface area (Å²) in [5, 5.41) is 0. The molecule has 58 valence electrons. The van der Waals surface area contributed by atoms with Crippen molar-refractivity contribution in [1.29, 1.82) is 0 Å². The van der Waals surface area contributed by atoms with Gasteiger partial charge in [-0.2, -0.15) is 0 Å². The van der Waals surface area contributed by atoms with Crippen LogP contribution in [0.5, 0.6) is 0 Å². The molecule has 0 spiro atoms. The van der Waals surface area contributed by atoms with Crippen LogP contribution in [0.25, 0.3) is 6.08 Å². The molecule has 0 saturated heterocycles. The van der Waals surface area contributed by atoms with Gasteiger partial charge in [0.2, 0.25) is 0 Å². The Balaban J connectivity index is 2.97. The number of pyridine rings is 1. The van der Waals surface area contributed by atoms with E-state index in [1.807, 2.05) is 25.1 Å². The van der Waals surface area contributed by atoms with Crippen LogP contribution in [0, 0.1) is 6.92 Å². The van der Waals surface area contributed by atoms with Crippen molar-refractivity contribution in [3.05, 3.63) is 35.2 Å². The van der Waals surface area contributed by atoms with Crippen molar-refractivity contribution in [1.82, 2.24) is 4.98 Å². The van der Waals surface area contributed by atoms with Gasteiger partial charge in [0.05, 0.1) is 5.69 Å². The molecular weight excluding hydrogens is 134 g/mol. The molecule has 0 unspecified atom stereocenters. The molecule has 1 heterocycles. The van der Waals surface area contributed by atoms with Crippen LogP contribution >= 0.6 is 0 Å². The maximum Gasteiger partial charge on any atom is 0.0632 e. The Kier molecular flexibility index (Phi) is 2.42. The SMILES string of the molecule is CC(C)=Cc1cccc(C)n1. The maximum atomic E-state index is 4.34. The van der Waals surface area contributed by atoms with Gasteiger partial charge in [-0.05, 0) is 39.0 Å². The van der Waals surface area contributed by atoms with E-state index in [1.165, 1.54) is 5.57 Å². The molecule has 1 rings (SSSR count). The molecular formula is C10H13N. The van der Waals surface area contributed by atoms with Gasteiger partial charge in [0.25, 0.3) is 0 Å². The molecule has 0 N–H and O–H groups in total. The first-order valence-electron chi connectivity index (χ1n) is 3.77. The third-order valence-electron chi connectivity index (χ3n) is 1.35. The molecule has 0 aromatic carbocycles. The highest BCUT2D eigenvalue weighted by Crippen LogP contribution is 2.03. The fourth-order valence-electron chi connectivity index (χ4n) is 0.940. The first-order valence-corrected chi connectivity index (χ1v) is 3.77. The van der Waals surface area contributed by atoms with Crippen molar-refractivity contribution < 1.29 is 0 Å². The second kappa shape index (κ2) is 3.33. The number of rotatable bonds is 1. The van der Waals surface area contributed by atoms with Crippen LogP contribution < -0.4 is 0 Å². The van der Waals surface area contributed by atoms with Gasteiger partial charge in [-0.15, -0.1) is 0 Å². The first-order chi connectivity index (χ1) is 5.18. The first kappa shape index (κ1) is 7.99. The quantitative estimate of drug-likeness (QED) is 0.595. The van der Waals surface area contributed by atoms with Gasteiger partial charge < -0.3 is 0 Å². The topological polar surface area (TPSA) is 12.9 Å². The Bertz CT molecular complexity index is 270. The third-order valence-corrected chi connectivity index (χ3v) is 1.35. The summed E-state index contributed by atoms with van der Waals surface area (Å²) in [6.45, 7) is 6.15. The summed E-state index contributed by atoms with van der Waals surface area (Å²) in [5.41, 5.74) is 3.40. The average Bonchev–Trinajstić information content (AvgIpc) is 1.85. The van der Waals surface area contributed by atoms with Crippen molar-refractivity contribution in [3.8, 4) is 0 Å². The van der Waals surface area contributed by atoms with Crippen molar-refractivity contribution in [2.45, 2.75) is 20.8 Å². The van der Waals surface area contributed by atoms with E-state index in [4.69, 9.17) is 0 Å². The molecule has 0 saturated carbocycles. The molecule has 0 aliphatic heterocycles. The molecule has 0 aliphatic rings. The fourth-order valence-corrected chi connectivity index (χ4v) is 0.940. The Labute approximate surface area is 67.8 Å². The number of nitrogens with zero attached hydrogens (tertiary/aromatic N) is 1. The van der Waals surface area contributed by atoms with E-state index in [1.54, 1.807) is 0 Å². The van der Waals surface area contributed by atoms with Crippen molar-refractivity contribution in [2.75, 3.05) is 0 Å². The van der Waals surface area contributed by atoms with Gasteiger partial charge in [-0.3, -0.25) is 4.98 Å². The summed E-state index contributed by atoms with van der Waals surface area (Å²) in [6, 6.07) is 6.04. The molecule has 0 fully saturated rings. The minimum atomic E-state index is 1.05. The van der Waals surface area contributed by atoms with E-state index in [2.05, 4.69) is 24.9 Å². The monoisotopic (exact) mass is 147 g/mol. The molecule has 1 aromatic heterocycles. The Morgan fingerprint density at radius 3 is 2.64 bits per heavy atom. The summed E-state index contributed by atoms with van der Waals surface area (Å²) < 4.78 is 0. The molecule has 1 aromatic rings. The molecule has 0 atom stereocenters. The normalized spacial score (nSPS) is 9.36. The molecule has 0 amide bonds. The number of hydrogen-bond acceptors (Lipinski definition) is 1. The van der Waals surface area contributed by atoms with Gasteiger partial charge in [0.1, 0.15) is 0 Å². The molecule has 0 aliphatic carbocycles. The summed E-state index contributed by atoms with van der Waals surface area (Å²) in [5.74, 6) is 0. The molecule has 0 bridgehead atoms. The van der Waals surface area contributed by atoms with Crippen LogP contribution in [0.4, 0.5) is 0 Å². The van der Waals surface area contributed by atoms with Gasteiger partial charge in [-0.25, -0.2) is 0 Å². The highest BCUT2D eigenvalue weighted by Gasteiger charge is 1.88. The van der Waals surface area contributed by atoms with E-state index < -0.39 is 0 Å². The van der Waals surface area contributed by atoms with Crippen molar-refractivity contribution in [2.24, 2.45) is 0 Å². The largest absolute Gasteiger partial charge is 0.254 e. The zero-order valence-corrected chi connectivity index (χ0v) is 7.26. The van der Waals surface area contributed by atoms with Crippen LogP contribution in [0.2, 0.25) is 0 Å². The lowest BCUT2D eigenvalue weighted by molar-refractivity contribution is 1.18. The predicted octanol–water partition coefficient (Wildman–Crippen LogP) is 2.81. The maximum absolute atomic E-state index is 4.34. The zero-order chi connectivity index (χ0) is 8.27. The fraction of sp³-hybridized carbons (Fsp3) is 0.300. The van der Waals surface area contributed by atoms with Crippen molar-refractivity contribution >= 4 is 6.08 Å². The lowest BCUT2D eigenvalue weighted by atomic mass is 10.2. The second-order valence-electron chi connectivity index (χ2n) is 2.93. The minimum absolute atomic E-state index is 1.05. The third kappa shape index (κ3) is 2.54. The Morgan fingerprint density at radius 2 is 2.09 bits per heavy atom. The zero-order valence-electron chi connectivity index (χ0n) is 7.26. The van der Waals surface area contributed by atoms with Gasteiger partial charge in [-0.1, -0.05) is 11.6 Å². The summed E-state index contributed by atoms with van der Waals surface area (Å²) in [4.78, 5) is 4.34. The molecule has 1 heteroatoms. The number of allylic oxidation sites excluding steroid dienone is 1. The highest BCUT2D eigenvalue weighted by molar-refractivity contribution is 5.47. The van der Waals surface area contributed by atoms with Gasteiger partial charge >= 0.3 is 0 Å². The average molecular weight is 147 g/mol. The number of aromatic nitrogens is 1. The second-order valence-corrected chi connectivity index (χ2v) is 2.93. The predicted molar refractivity (Wildman–Crippen MR) is 48.3 cm³/mol. The van der Waals surface area contributed by atoms with E-state index in [9.17, 15) is 0 Å². The van der Waals surface area contributed by atoms with Crippen LogP contribution in [0.1, 0.15) is 25.2 Å². The minimum Gasteiger partial charge on any atom is -0.254 e.